The van der Waals surface area contributed by atoms with Crippen LogP contribution in [0.5, 0.6) is 0 Å². The van der Waals surface area contributed by atoms with E-state index in [1.165, 1.54) is 36.4 Å². The van der Waals surface area contributed by atoms with E-state index in [2.05, 4.69) is 59.2 Å². The van der Waals surface area contributed by atoms with Gasteiger partial charge in [-0.15, -0.1) is 0 Å². The first kappa shape index (κ1) is 22.1. The summed E-state index contributed by atoms with van der Waals surface area (Å²) in [6.07, 6.45) is 11.6. The van der Waals surface area contributed by atoms with Gasteiger partial charge in [0.25, 0.3) is 0 Å². The second kappa shape index (κ2) is 8.60. The molecule has 0 amide bonds. The minimum atomic E-state index is -0.283. The summed E-state index contributed by atoms with van der Waals surface area (Å²) in [6, 6.07) is 14.8. The molecular formula is C28H33FN4. The van der Waals surface area contributed by atoms with Crippen molar-refractivity contribution in [2.75, 3.05) is 0 Å². The second-order valence-corrected chi connectivity index (χ2v) is 10.2. The average molecular weight is 445 g/mol. The van der Waals surface area contributed by atoms with Gasteiger partial charge in [-0.2, -0.15) is 0 Å². The lowest BCUT2D eigenvalue weighted by molar-refractivity contribution is -0.00160. The highest BCUT2D eigenvalue weighted by molar-refractivity contribution is 5.31. The molecule has 4 nitrogen and oxygen atoms in total. The van der Waals surface area contributed by atoms with Crippen LogP contribution in [-0.2, 0) is 17.4 Å². The fourth-order valence-corrected chi connectivity index (χ4v) is 6.39. The summed E-state index contributed by atoms with van der Waals surface area (Å²) >= 11 is 0. The maximum absolute atomic E-state index is 13.4. The largest absolute Gasteiger partial charge is 0.288 e. The van der Waals surface area contributed by atoms with Gasteiger partial charge in [0.2, 0.25) is 0 Å². The van der Waals surface area contributed by atoms with E-state index in [1.54, 1.807) is 0 Å². The highest BCUT2D eigenvalue weighted by Gasteiger charge is 2.56. The molecule has 1 saturated carbocycles. The average Bonchev–Trinajstić information content (AvgIpc) is 3.61. The first-order valence-corrected chi connectivity index (χ1v) is 12.2. The third-order valence-electron chi connectivity index (χ3n) is 7.85. The summed E-state index contributed by atoms with van der Waals surface area (Å²) in [4.78, 5) is 16.5. The van der Waals surface area contributed by atoms with Gasteiger partial charge in [0.15, 0.2) is 0 Å². The van der Waals surface area contributed by atoms with Gasteiger partial charge in [-0.1, -0.05) is 12.1 Å². The Bertz CT molecular complexity index is 1070. The van der Waals surface area contributed by atoms with Gasteiger partial charge in [-0.25, -0.2) is 4.39 Å². The first-order chi connectivity index (χ1) is 15.9. The maximum Gasteiger partial charge on any atom is 0.141 e. The molecule has 5 rings (SSSR count). The molecule has 1 saturated heterocycles. The van der Waals surface area contributed by atoms with Crippen LogP contribution in [0.2, 0.25) is 0 Å². The number of rotatable bonds is 6. The van der Waals surface area contributed by atoms with Gasteiger partial charge in [0.1, 0.15) is 5.82 Å². The zero-order chi connectivity index (χ0) is 23.1. The number of hydrogen-bond acceptors (Lipinski definition) is 4. The molecule has 0 bridgehead atoms. The minimum Gasteiger partial charge on any atom is -0.288 e. The van der Waals surface area contributed by atoms with Crippen LogP contribution in [0.25, 0.3) is 0 Å². The first-order valence-electron chi connectivity index (χ1n) is 12.2. The van der Waals surface area contributed by atoms with E-state index in [0.29, 0.717) is 12.1 Å². The van der Waals surface area contributed by atoms with Crippen LogP contribution < -0.4 is 0 Å². The molecule has 5 heteroatoms. The fourth-order valence-electron chi connectivity index (χ4n) is 6.39. The molecule has 3 aromatic heterocycles. The molecule has 4 heterocycles. The zero-order valence-corrected chi connectivity index (χ0v) is 19.8. The van der Waals surface area contributed by atoms with Gasteiger partial charge >= 0.3 is 0 Å². The molecule has 0 N–H and O–H groups in total. The highest BCUT2D eigenvalue weighted by Crippen LogP contribution is 2.57. The molecule has 2 fully saturated rings. The Morgan fingerprint density at radius 1 is 0.939 bits per heavy atom. The summed E-state index contributed by atoms with van der Waals surface area (Å²) in [5.74, 6) is -0.283. The molecule has 0 aromatic carbocycles. The summed E-state index contributed by atoms with van der Waals surface area (Å²) in [7, 11) is 0. The van der Waals surface area contributed by atoms with Gasteiger partial charge in [0, 0.05) is 52.5 Å². The Kier molecular flexibility index (Phi) is 5.77. The minimum absolute atomic E-state index is 0.0196. The van der Waals surface area contributed by atoms with Crippen molar-refractivity contribution in [1.82, 2.24) is 19.9 Å². The predicted molar refractivity (Wildman–Crippen MR) is 128 cm³/mol. The van der Waals surface area contributed by atoms with Crippen molar-refractivity contribution in [3.05, 3.63) is 89.5 Å². The van der Waals surface area contributed by atoms with E-state index >= 15 is 0 Å². The molecule has 0 unspecified atom stereocenters. The second-order valence-electron chi connectivity index (χ2n) is 10.2. The number of aryl methyl sites for hydroxylation is 2. The Balaban J connectivity index is 1.43. The van der Waals surface area contributed by atoms with Crippen LogP contribution >= 0.6 is 0 Å². The number of pyridine rings is 3. The van der Waals surface area contributed by atoms with E-state index in [-0.39, 0.29) is 16.8 Å². The van der Waals surface area contributed by atoms with Crippen molar-refractivity contribution in [3.8, 4) is 0 Å². The summed E-state index contributed by atoms with van der Waals surface area (Å²) in [6.45, 7) is 6.81. The van der Waals surface area contributed by atoms with Crippen LogP contribution in [0.4, 0.5) is 4.39 Å². The van der Waals surface area contributed by atoms with Gasteiger partial charge in [-0.05, 0) is 95.2 Å². The third kappa shape index (κ3) is 4.19. The number of piperidine rings is 1. The van der Waals surface area contributed by atoms with Crippen molar-refractivity contribution >= 4 is 0 Å². The number of hydrogen-bond donors (Lipinski definition) is 0. The lowest BCUT2D eigenvalue weighted by atomic mass is 9.67. The number of aromatic nitrogens is 3. The summed E-state index contributed by atoms with van der Waals surface area (Å²) < 4.78 is 13.4. The predicted octanol–water partition coefficient (Wildman–Crippen LogP) is 5.75. The van der Waals surface area contributed by atoms with Crippen LogP contribution in [0.3, 0.4) is 0 Å². The standard InChI is InChI=1S/C28H33FN4/c1-20-7-8-23(18-31-20)28(13-14-28)33-21(2)16-27(17-22(33)3,26-6-4-5-15-30-26)12-11-25-10-9-24(29)19-32-25/h4-10,15,18-19,21-22H,11-14,16-17H2,1-3H3/t21-,22-/m0/s1. The van der Waals surface area contributed by atoms with Crippen LogP contribution in [0.15, 0.2) is 61.1 Å². The monoisotopic (exact) mass is 444 g/mol. The van der Waals surface area contributed by atoms with Crippen molar-refractivity contribution in [3.63, 3.8) is 0 Å². The molecule has 2 atom stereocenters. The Morgan fingerprint density at radius 3 is 2.30 bits per heavy atom. The SMILES string of the molecule is Cc1ccc(C2(N3[C@@H](C)CC(CCc4ccc(F)cn4)(c4ccccn4)C[C@@H]3C)CC2)cn1. The van der Waals surface area contributed by atoms with Crippen LogP contribution in [0, 0.1) is 12.7 Å². The molecule has 1 aliphatic heterocycles. The van der Waals surface area contributed by atoms with Crippen molar-refractivity contribution in [2.45, 2.75) is 82.3 Å². The quantitative estimate of drug-likeness (QED) is 0.485. The summed E-state index contributed by atoms with van der Waals surface area (Å²) in [5, 5.41) is 0. The number of likely N-dealkylation sites (tertiary alicyclic amines) is 1. The van der Waals surface area contributed by atoms with Crippen molar-refractivity contribution in [2.24, 2.45) is 0 Å². The summed E-state index contributed by atoms with van der Waals surface area (Å²) in [5.41, 5.74) is 4.64. The Labute approximate surface area is 196 Å². The lowest BCUT2D eigenvalue weighted by Gasteiger charge is -2.52. The van der Waals surface area contributed by atoms with E-state index in [1.807, 2.05) is 25.3 Å². The van der Waals surface area contributed by atoms with E-state index in [0.717, 1.165) is 37.1 Å². The molecule has 33 heavy (non-hydrogen) atoms. The number of nitrogens with zero attached hydrogens (tertiary/aromatic N) is 4. The molecular weight excluding hydrogens is 411 g/mol. The van der Waals surface area contributed by atoms with Crippen molar-refractivity contribution in [1.29, 1.82) is 0 Å². The van der Waals surface area contributed by atoms with E-state index in [4.69, 9.17) is 4.98 Å². The Hall–Kier alpha value is -2.66. The molecule has 0 radical (unpaired) electrons. The smallest absolute Gasteiger partial charge is 0.141 e. The van der Waals surface area contributed by atoms with Gasteiger partial charge in [-0.3, -0.25) is 19.9 Å². The normalized spacial score (nSPS) is 26.8. The number of halogens is 1. The van der Waals surface area contributed by atoms with Gasteiger partial charge in [0.05, 0.1) is 6.20 Å². The van der Waals surface area contributed by atoms with Crippen molar-refractivity contribution < 1.29 is 4.39 Å². The Morgan fingerprint density at radius 2 is 1.73 bits per heavy atom. The molecule has 2 aliphatic rings. The molecule has 1 aliphatic carbocycles. The maximum atomic E-state index is 13.4. The molecule has 3 aromatic rings. The van der Waals surface area contributed by atoms with Crippen LogP contribution in [-0.4, -0.2) is 31.9 Å². The van der Waals surface area contributed by atoms with Gasteiger partial charge < -0.3 is 0 Å². The van der Waals surface area contributed by atoms with E-state index in [9.17, 15) is 4.39 Å². The zero-order valence-electron chi connectivity index (χ0n) is 19.8. The van der Waals surface area contributed by atoms with E-state index < -0.39 is 0 Å². The lowest BCUT2D eigenvalue weighted by Crippen LogP contribution is -2.56. The fraction of sp³-hybridized carbons (Fsp3) is 0.464. The topological polar surface area (TPSA) is 41.9 Å². The molecule has 172 valence electrons. The molecule has 0 spiro atoms. The highest BCUT2D eigenvalue weighted by atomic mass is 19.1. The van der Waals surface area contributed by atoms with Crippen LogP contribution in [0.1, 0.15) is 68.6 Å². The third-order valence-corrected chi connectivity index (χ3v) is 7.85.